The van der Waals surface area contributed by atoms with E-state index in [4.69, 9.17) is 9.47 Å². The maximum atomic E-state index is 5.76. The van der Waals surface area contributed by atoms with Gasteiger partial charge in [-0.3, -0.25) is 0 Å². The van der Waals surface area contributed by atoms with E-state index in [1.54, 1.807) is 0 Å². The summed E-state index contributed by atoms with van der Waals surface area (Å²) in [4.78, 5) is 0. The Morgan fingerprint density at radius 1 is 0.826 bits per heavy atom. The molecule has 0 radical (unpaired) electrons. The Labute approximate surface area is 139 Å². The molecule has 0 fully saturated rings. The molecule has 0 amide bonds. The maximum absolute atomic E-state index is 5.76. The van der Waals surface area contributed by atoms with Crippen molar-refractivity contribution in [2.75, 3.05) is 13.2 Å². The van der Waals surface area contributed by atoms with Crippen LogP contribution >= 0.6 is 0 Å². The predicted molar refractivity (Wildman–Crippen MR) is 95.1 cm³/mol. The van der Waals surface area contributed by atoms with E-state index < -0.39 is 0 Å². The first kappa shape index (κ1) is 17.4. The number of hydrogen-bond donors (Lipinski definition) is 1. The van der Waals surface area contributed by atoms with Crippen molar-refractivity contribution in [2.45, 2.75) is 39.3 Å². The van der Waals surface area contributed by atoms with E-state index in [0.29, 0.717) is 13.2 Å². The van der Waals surface area contributed by atoms with Gasteiger partial charge in [-0.25, -0.2) is 0 Å². The highest BCUT2D eigenvalue weighted by atomic mass is 16.5. The lowest BCUT2D eigenvalue weighted by molar-refractivity contribution is 0.293. The van der Waals surface area contributed by atoms with Crippen molar-refractivity contribution >= 4 is 0 Å². The molecule has 0 atom stereocenters. The molecule has 0 aliphatic heterocycles. The van der Waals surface area contributed by atoms with Crippen LogP contribution in [0.5, 0.6) is 11.5 Å². The minimum atomic E-state index is 0.164. The summed E-state index contributed by atoms with van der Waals surface area (Å²) < 4.78 is 11.5. The van der Waals surface area contributed by atoms with E-state index in [-0.39, 0.29) is 5.54 Å². The summed E-state index contributed by atoms with van der Waals surface area (Å²) in [5.41, 5.74) is 1.33. The first-order valence-corrected chi connectivity index (χ1v) is 8.17. The molecule has 1 N–H and O–H groups in total. The molecule has 0 aliphatic rings. The van der Waals surface area contributed by atoms with E-state index >= 15 is 0 Å². The van der Waals surface area contributed by atoms with Gasteiger partial charge < -0.3 is 14.8 Å². The van der Waals surface area contributed by atoms with Crippen LogP contribution in [-0.4, -0.2) is 18.7 Å². The lowest BCUT2D eigenvalue weighted by atomic mass is 10.1. The van der Waals surface area contributed by atoms with E-state index in [1.807, 2.05) is 42.5 Å². The summed E-state index contributed by atoms with van der Waals surface area (Å²) in [6.07, 6.45) is 0.990. The molecule has 0 spiro atoms. The van der Waals surface area contributed by atoms with Gasteiger partial charge in [-0.1, -0.05) is 30.3 Å². The van der Waals surface area contributed by atoms with Gasteiger partial charge >= 0.3 is 0 Å². The van der Waals surface area contributed by atoms with Gasteiger partial charge in [0, 0.05) is 5.54 Å². The van der Waals surface area contributed by atoms with Crippen LogP contribution in [0.2, 0.25) is 0 Å². The van der Waals surface area contributed by atoms with Crippen LogP contribution in [-0.2, 0) is 6.61 Å². The molecule has 2 aromatic carbocycles. The lowest BCUT2D eigenvalue weighted by Crippen LogP contribution is -2.36. The lowest BCUT2D eigenvalue weighted by Gasteiger charge is -2.20. The molecule has 0 saturated heterocycles. The van der Waals surface area contributed by atoms with Crippen molar-refractivity contribution in [3.8, 4) is 11.5 Å². The van der Waals surface area contributed by atoms with Gasteiger partial charge in [0.05, 0.1) is 6.61 Å². The molecule has 0 aliphatic carbocycles. The Bertz CT molecular complexity index is 558. The number of nitrogens with one attached hydrogen (secondary N) is 1. The third kappa shape index (κ3) is 7.20. The van der Waals surface area contributed by atoms with Crippen LogP contribution in [0.1, 0.15) is 32.8 Å². The molecule has 0 unspecified atom stereocenters. The minimum absolute atomic E-state index is 0.164. The predicted octanol–water partition coefficient (Wildman–Crippen LogP) is 4.42. The van der Waals surface area contributed by atoms with Gasteiger partial charge in [-0.2, -0.15) is 0 Å². The van der Waals surface area contributed by atoms with Crippen molar-refractivity contribution in [1.82, 2.24) is 5.32 Å². The number of hydrogen-bond acceptors (Lipinski definition) is 3. The topological polar surface area (TPSA) is 30.5 Å². The summed E-state index contributed by atoms with van der Waals surface area (Å²) >= 11 is 0. The van der Waals surface area contributed by atoms with Gasteiger partial charge in [0.1, 0.15) is 18.1 Å². The van der Waals surface area contributed by atoms with Crippen LogP contribution in [0.3, 0.4) is 0 Å². The minimum Gasteiger partial charge on any atom is -0.494 e. The highest BCUT2D eigenvalue weighted by Crippen LogP contribution is 2.18. The molecule has 3 nitrogen and oxygen atoms in total. The van der Waals surface area contributed by atoms with Gasteiger partial charge in [-0.15, -0.1) is 0 Å². The molecule has 2 aromatic rings. The normalized spacial score (nSPS) is 11.3. The maximum Gasteiger partial charge on any atom is 0.120 e. The largest absolute Gasteiger partial charge is 0.494 e. The number of benzene rings is 2. The zero-order valence-electron chi connectivity index (χ0n) is 14.3. The van der Waals surface area contributed by atoms with Crippen molar-refractivity contribution in [1.29, 1.82) is 0 Å². The zero-order valence-corrected chi connectivity index (χ0v) is 14.3. The molecule has 0 aromatic heterocycles. The van der Waals surface area contributed by atoms with Crippen molar-refractivity contribution in [3.63, 3.8) is 0 Å². The second-order valence-corrected chi connectivity index (χ2v) is 6.62. The SMILES string of the molecule is CC(C)(C)NCCCOc1ccc(OCc2ccccc2)cc1. The van der Waals surface area contributed by atoms with Crippen molar-refractivity contribution in [2.24, 2.45) is 0 Å². The van der Waals surface area contributed by atoms with E-state index in [1.165, 1.54) is 5.56 Å². The molecular formula is C20H27NO2. The highest BCUT2D eigenvalue weighted by molar-refractivity contribution is 5.31. The smallest absolute Gasteiger partial charge is 0.120 e. The fourth-order valence-corrected chi connectivity index (χ4v) is 2.10. The monoisotopic (exact) mass is 313 g/mol. The summed E-state index contributed by atoms with van der Waals surface area (Å²) in [5.74, 6) is 1.74. The summed E-state index contributed by atoms with van der Waals surface area (Å²) in [6, 6.07) is 18.0. The molecule has 23 heavy (non-hydrogen) atoms. The quantitative estimate of drug-likeness (QED) is 0.732. The Kier molecular flexibility index (Phi) is 6.48. The standard InChI is InChI=1S/C20H27NO2/c1-20(2,3)21-14-7-15-22-18-10-12-19(13-11-18)23-16-17-8-5-4-6-9-17/h4-6,8-13,21H,7,14-16H2,1-3H3. The summed E-state index contributed by atoms with van der Waals surface area (Å²) in [6.45, 7) is 8.76. The van der Waals surface area contributed by atoms with E-state index in [9.17, 15) is 0 Å². The van der Waals surface area contributed by atoms with E-state index in [0.717, 1.165) is 24.5 Å². The second kappa shape index (κ2) is 8.59. The Morgan fingerprint density at radius 3 is 2.04 bits per heavy atom. The fraction of sp³-hybridized carbons (Fsp3) is 0.400. The highest BCUT2D eigenvalue weighted by Gasteiger charge is 2.07. The van der Waals surface area contributed by atoms with Crippen LogP contribution in [0.25, 0.3) is 0 Å². The van der Waals surface area contributed by atoms with Crippen molar-refractivity contribution < 1.29 is 9.47 Å². The van der Waals surface area contributed by atoms with Gasteiger partial charge in [0.25, 0.3) is 0 Å². The number of rotatable bonds is 8. The summed E-state index contributed by atoms with van der Waals surface area (Å²) in [5, 5.41) is 3.45. The third-order valence-electron chi connectivity index (χ3n) is 3.32. The van der Waals surface area contributed by atoms with Crippen molar-refractivity contribution in [3.05, 3.63) is 60.2 Å². The zero-order chi connectivity index (χ0) is 16.5. The van der Waals surface area contributed by atoms with Crippen LogP contribution in [0.4, 0.5) is 0 Å². The average Bonchev–Trinajstić information content (AvgIpc) is 2.54. The van der Waals surface area contributed by atoms with E-state index in [2.05, 4.69) is 38.2 Å². The first-order valence-electron chi connectivity index (χ1n) is 8.17. The number of ether oxygens (including phenoxy) is 2. The molecule has 0 bridgehead atoms. The van der Waals surface area contributed by atoms with Gasteiger partial charge in [0.2, 0.25) is 0 Å². The molecule has 2 rings (SSSR count). The molecule has 0 saturated carbocycles. The Morgan fingerprint density at radius 2 is 1.43 bits per heavy atom. The van der Waals surface area contributed by atoms with Crippen LogP contribution in [0, 0.1) is 0 Å². The molecular weight excluding hydrogens is 286 g/mol. The van der Waals surface area contributed by atoms with Gasteiger partial charge in [-0.05, 0) is 63.6 Å². The molecule has 124 valence electrons. The van der Waals surface area contributed by atoms with Gasteiger partial charge in [0.15, 0.2) is 0 Å². The molecule has 0 heterocycles. The first-order chi connectivity index (χ1) is 11.0. The summed E-state index contributed by atoms with van der Waals surface area (Å²) in [7, 11) is 0. The molecule has 3 heteroatoms. The Hall–Kier alpha value is -2.00. The fourth-order valence-electron chi connectivity index (χ4n) is 2.10. The Balaban J connectivity index is 1.68. The third-order valence-corrected chi connectivity index (χ3v) is 3.32. The second-order valence-electron chi connectivity index (χ2n) is 6.62. The van der Waals surface area contributed by atoms with Crippen LogP contribution < -0.4 is 14.8 Å². The van der Waals surface area contributed by atoms with Crippen LogP contribution in [0.15, 0.2) is 54.6 Å². The average molecular weight is 313 g/mol.